The molecule has 0 fully saturated rings. The monoisotopic (exact) mass is 502 g/mol. The average Bonchev–Trinajstić information content (AvgIpc) is 3.24. The Morgan fingerprint density at radius 1 is 0.973 bits per heavy atom. The number of benzene rings is 2. The van der Waals surface area contributed by atoms with E-state index in [2.05, 4.69) is 20.1 Å². The molecule has 3 aromatic heterocycles. The van der Waals surface area contributed by atoms with E-state index in [9.17, 15) is 18.7 Å². The van der Waals surface area contributed by atoms with Crippen LogP contribution in [-0.2, 0) is 13.0 Å². The fourth-order valence-corrected chi connectivity index (χ4v) is 3.97. The van der Waals surface area contributed by atoms with Crippen LogP contribution in [0.15, 0.2) is 66.9 Å². The van der Waals surface area contributed by atoms with Crippen molar-refractivity contribution in [1.82, 2.24) is 24.7 Å². The standard InChI is InChI=1S/C25H20F2N8O2/c26-16-9-7-14(8-10-16)13-34(25(36)37)21-22(28)31-24(32-23(21)29)35-19-6-3-11-30-20(19)18(33-35)12-15-4-1-2-5-17(15)27/h1-11H,12-13H2,(H,36,37)(H4,28,29,31,32). The fourth-order valence-electron chi connectivity index (χ4n) is 3.97. The van der Waals surface area contributed by atoms with E-state index in [-0.39, 0.29) is 42.1 Å². The van der Waals surface area contributed by atoms with Gasteiger partial charge in [0.1, 0.15) is 22.8 Å². The number of anilines is 3. The van der Waals surface area contributed by atoms with Gasteiger partial charge in [-0.05, 0) is 41.5 Å². The van der Waals surface area contributed by atoms with Gasteiger partial charge < -0.3 is 16.6 Å². The molecule has 0 unspecified atom stereocenters. The third kappa shape index (κ3) is 4.59. The minimum Gasteiger partial charge on any atom is -0.465 e. The second kappa shape index (κ2) is 9.49. The molecule has 3 heterocycles. The van der Waals surface area contributed by atoms with Crippen LogP contribution in [0, 0.1) is 11.6 Å². The SMILES string of the molecule is Nc1nc(-n2nc(Cc3ccccc3F)c3ncccc32)nc(N)c1N(Cc1ccc(F)cc1)C(=O)O. The second-order valence-electron chi connectivity index (χ2n) is 8.14. The highest BCUT2D eigenvalue weighted by Crippen LogP contribution is 2.31. The van der Waals surface area contributed by atoms with E-state index in [1.54, 1.807) is 36.5 Å². The lowest BCUT2D eigenvalue weighted by Gasteiger charge is -2.22. The number of fused-ring (bicyclic) bond motifs is 1. The van der Waals surface area contributed by atoms with E-state index in [1.165, 1.54) is 35.0 Å². The molecule has 0 bridgehead atoms. The third-order valence-corrected chi connectivity index (χ3v) is 5.69. The summed E-state index contributed by atoms with van der Waals surface area (Å²) in [7, 11) is 0. The maximum atomic E-state index is 14.3. The molecule has 0 saturated carbocycles. The molecule has 186 valence electrons. The molecule has 0 spiro atoms. The van der Waals surface area contributed by atoms with E-state index < -0.39 is 11.9 Å². The molecule has 0 aliphatic rings. The molecule has 0 atom stereocenters. The lowest BCUT2D eigenvalue weighted by Crippen LogP contribution is -2.31. The molecular formula is C25H20F2N8O2. The van der Waals surface area contributed by atoms with Crippen LogP contribution in [0.4, 0.5) is 30.9 Å². The number of pyridine rings is 1. The van der Waals surface area contributed by atoms with Crippen LogP contribution in [0.5, 0.6) is 0 Å². The van der Waals surface area contributed by atoms with Crippen LogP contribution in [0.25, 0.3) is 17.0 Å². The summed E-state index contributed by atoms with van der Waals surface area (Å²) in [6, 6.07) is 15.1. The molecule has 2 aromatic carbocycles. The van der Waals surface area contributed by atoms with Gasteiger partial charge in [0.05, 0.1) is 17.8 Å². The zero-order chi connectivity index (χ0) is 26.1. The van der Waals surface area contributed by atoms with Crippen molar-refractivity contribution in [3.05, 3.63) is 95.3 Å². The third-order valence-electron chi connectivity index (χ3n) is 5.69. The maximum Gasteiger partial charge on any atom is 0.412 e. The summed E-state index contributed by atoms with van der Waals surface area (Å²) in [5, 5.41) is 14.4. The van der Waals surface area contributed by atoms with E-state index in [4.69, 9.17) is 11.5 Å². The van der Waals surface area contributed by atoms with Crippen LogP contribution in [0.2, 0.25) is 0 Å². The molecule has 0 aliphatic carbocycles. The maximum absolute atomic E-state index is 14.3. The van der Waals surface area contributed by atoms with Crippen LogP contribution >= 0.6 is 0 Å². The van der Waals surface area contributed by atoms with Crippen LogP contribution in [-0.4, -0.2) is 35.9 Å². The summed E-state index contributed by atoms with van der Waals surface area (Å²) in [6.45, 7) is -0.159. The highest BCUT2D eigenvalue weighted by molar-refractivity contribution is 5.94. The second-order valence-corrected chi connectivity index (χ2v) is 8.14. The molecule has 10 nitrogen and oxygen atoms in total. The quantitative estimate of drug-likeness (QED) is 0.316. The molecule has 1 amide bonds. The van der Waals surface area contributed by atoms with Gasteiger partial charge in [-0.2, -0.15) is 19.7 Å². The number of rotatable bonds is 6. The summed E-state index contributed by atoms with van der Waals surface area (Å²) >= 11 is 0. The number of nitrogens with two attached hydrogens (primary N) is 2. The predicted octanol–water partition coefficient (Wildman–Crippen LogP) is 3.93. The van der Waals surface area contributed by atoms with E-state index >= 15 is 0 Å². The Bertz CT molecular complexity index is 1600. The van der Waals surface area contributed by atoms with Gasteiger partial charge in [-0.15, -0.1) is 0 Å². The summed E-state index contributed by atoms with van der Waals surface area (Å²) in [6.07, 6.45) is 0.409. The van der Waals surface area contributed by atoms with Gasteiger partial charge in [0.15, 0.2) is 11.6 Å². The first-order valence-corrected chi connectivity index (χ1v) is 11.1. The summed E-state index contributed by atoms with van der Waals surface area (Å²) in [4.78, 5) is 25.8. The summed E-state index contributed by atoms with van der Waals surface area (Å²) in [5.74, 6) is -1.23. The Labute approximate surface area is 208 Å². The number of carbonyl (C=O) groups is 1. The molecule has 5 N–H and O–H groups in total. The lowest BCUT2D eigenvalue weighted by atomic mass is 10.1. The van der Waals surface area contributed by atoms with Gasteiger partial charge in [-0.1, -0.05) is 30.3 Å². The molecule has 37 heavy (non-hydrogen) atoms. The zero-order valence-corrected chi connectivity index (χ0v) is 19.2. The topological polar surface area (TPSA) is 149 Å². The largest absolute Gasteiger partial charge is 0.465 e. The van der Waals surface area contributed by atoms with E-state index in [1.807, 2.05) is 0 Å². The van der Waals surface area contributed by atoms with Gasteiger partial charge in [-0.25, -0.2) is 13.6 Å². The summed E-state index contributed by atoms with van der Waals surface area (Å²) in [5.41, 5.74) is 14.7. The Hall–Kier alpha value is -5.13. The number of hydrogen-bond acceptors (Lipinski definition) is 7. The lowest BCUT2D eigenvalue weighted by molar-refractivity contribution is 0.201. The number of hydrogen-bond donors (Lipinski definition) is 3. The number of aromatic nitrogens is 5. The minimum atomic E-state index is -1.35. The number of carboxylic acid groups (broad SMARTS) is 1. The molecule has 0 saturated heterocycles. The number of nitrogen functional groups attached to an aromatic ring is 2. The molecule has 0 aliphatic heterocycles. The molecule has 5 aromatic rings. The van der Waals surface area contributed by atoms with Crippen molar-refractivity contribution in [3.63, 3.8) is 0 Å². The van der Waals surface area contributed by atoms with Crippen molar-refractivity contribution < 1.29 is 18.7 Å². The van der Waals surface area contributed by atoms with Crippen molar-refractivity contribution in [3.8, 4) is 5.95 Å². The predicted molar refractivity (Wildman–Crippen MR) is 133 cm³/mol. The first kappa shape index (κ1) is 23.6. The Morgan fingerprint density at radius 2 is 1.68 bits per heavy atom. The molecular weight excluding hydrogens is 482 g/mol. The first-order chi connectivity index (χ1) is 17.8. The van der Waals surface area contributed by atoms with Gasteiger partial charge in [0, 0.05) is 12.6 Å². The van der Waals surface area contributed by atoms with Crippen molar-refractivity contribution in [2.75, 3.05) is 16.4 Å². The van der Waals surface area contributed by atoms with Crippen molar-refractivity contribution in [1.29, 1.82) is 0 Å². The van der Waals surface area contributed by atoms with Crippen molar-refractivity contribution >= 4 is 34.4 Å². The zero-order valence-electron chi connectivity index (χ0n) is 19.2. The fraction of sp³-hybridized carbons (Fsp3) is 0.0800. The number of nitrogens with zero attached hydrogens (tertiary/aromatic N) is 6. The number of amides is 1. The van der Waals surface area contributed by atoms with Gasteiger partial charge in [-0.3, -0.25) is 9.88 Å². The van der Waals surface area contributed by atoms with Crippen molar-refractivity contribution in [2.45, 2.75) is 13.0 Å². The van der Waals surface area contributed by atoms with Gasteiger partial charge in [0.25, 0.3) is 5.95 Å². The van der Waals surface area contributed by atoms with Crippen LogP contribution in [0.3, 0.4) is 0 Å². The molecule has 12 heteroatoms. The number of halogens is 2. The minimum absolute atomic E-state index is 0.0105. The smallest absolute Gasteiger partial charge is 0.412 e. The molecule has 0 radical (unpaired) electrons. The van der Waals surface area contributed by atoms with Crippen LogP contribution < -0.4 is 16.4 Å². The highest BCUT2D eigenvalue weighted by atomic mass is 19.1. The van der Waals surface area contributed by atoms with E-state index in [0.29, 0.717) is 27.9 Å². The first-order valence-electron chi connectivity index (χ1n) is 11.1. The normalized spacial score (nSPS) is 11.1. The Balaban J connectivity index is 1.56. The highest BCUT2D eigenvalue weighted by Gasteiger charge is 2.25. The Morgan fingerprint density at radius 3 is 2.35 bits per heavy atom. The van der Waals surface area contributed by atoms with Crippen LogP contribution in [0.1, 0.15) is 16.8 Å². The Kier molecular flexibility index (Phi) is 6.05. The average molecular weight is 502 g/mol. The summed E-state index contributed by atoms with van der Waals surface area (Å²) < 4.78 is 28.9. The van der Waals surface area contributed by atoms with Crippen molar-refractivity contribution in [2.24, 2.45) is 0 Å². The molecule has 5 rings (SSSR count). The van der Waals surface area contributed by atoms with Gasteiger partial charge >= 0.3 is 6.09 Å². The van der Waals surface area contributed by atoms with Gasteiger partial charge in [0.2, 0.25) is 0 Å². The van der Waals surface area contributed by atoms with E-state index in [0.717, 1.165) is 4.90 Å².